The molecule has 26 heavy (non-hydrogen) atoms. The third-order valence-electron chi connectivity index (χ3n) is 5.03. The molecule has 1 aromatic carbocycles. The summed E-state index contributed by atoms with van der Waals surface area (Å²) in [4.78, 5) is 18.2. The van der Waals surface area contributed by atoms with Gasteiger partial charge in [0.15, 0.2) is 0 Å². The molecule has 0 amide bonds. The van der Waals surface area contributed by atoms with Crippen molar-refractivity contribution in [2.24, 2.45) is 5.92 Å². The smallest absolute Gasteiger partial charge is 0.306 e. The SMILES string of the molecule is CCOc1ccccc1C(Cc1ccccn1)N1CCC(C(=O)O)CC1. The second-order valence-corrected chi connectivity index (χ2v) is 6.66. The van der Waals surface area contributed by atoms with E-state index in [4.69, 9.17) is 4.74 Å². The van der Waals surface area contributed by atoms with Gasteiger partial charge in [-0.25, -0.2) is 0 Å². The number of para-hydroxylation sites is 1. The molecule has 1 aliphatic rings. The van der Waals surface area contributed by atoms with Crippen LogP contribution in [0.15, 0.2) is 48.7 Å². The van der Waals surface area contributed by atoms with E-state index in [0.29, 0.717) is 19.4 Å². The summed E-state index contributed by atoms with van der Waals surface area (Å²) in [5, 5.41) is 9.28. The molecule has 5 heteroatoms. The minimum absolute atomic E-state index is 0.127. The normalized spacial score (nSPS) is 17.0. The summed E-state index contributed by atoms with van der Waals surface area (Å²) < 4.78 is 5.86. The highest BCUT2D eigenvalue weighted by atomic mass is 16.5. The Morgan fingerprint density at radius 1 is 1.23 bits per heavy atom. The fourth-order valence-electron chi connectivity index (χ4n) is 3.65. The number of carbonyl (C=O) groups is 1. The zero-order valence-electron chi connectivity index (χ0n) is 15.2. The summed E-state index contributed by atoms with van der Waals surface area (Å²) in [5.41, 5.74) is 2.18. The lowest BCUT2D eigenvalue weighted by Gasteiger charge is -2.37. The van der Waals surface area contributed by atoms with Crippen LogP contribution in [0.2, 0.25) is 0 Å². The summed E-state index contributed by atoms with van der Waals surface area (Å²) in [6.45, 7) is 4.15. The van der Waals surface area contributed by atoms with E-state index in [2.05, 4.69) is 16.0 Å². The standard InChI is InChI=1S/C21H26N2O3/c1-2-26-20-9-4-3-8-18(20)19(15-17-7-5-6-12-22-17)23-13-10-16(11-14-23)21(24)25/h3-9,12,16,19H,2,10-11,13-15H2,1H3,(H,24,25). The van der Waals surface area contributed by atoms with Gasteiger partial charge < -0.3 is 9.84 Å². The number of piperidine rings is 1. The molecule has 1 fully saturated rings. The third kappa shape index (κ3) is 4.41. The average molecular weight is 354 g/mol. The van der Waals surface area contributed by atoms with E-state index in [1.807, 2.05) is 49.5 Å². The van der Waals surface area contributed by atoms with Crippen LogP contribution in [0.5, 0.6) is 5.75 Å². The number of benzene rings is 1. The monoisotopic (exact) mass is 354 g/mol. The second kappa shape index (κ2) is 8.81. The van der Waals surface area contributed by atoms with Gasteiger partial charge in [0.1, 0.15) is 5.75 Å². The number of aliphatic carboxylic acids is 1. The third-order valence-corrected chi connectivity index (χ3v) is 5.03. The van der Waals surface area contributed by atoms with Crippen molar-refractivity contribution >= 4 is 5.97 Å². The topological polar surface area (TPSA) is 62.7 Å². The largest absolute Gasteiger partial charge is 0.494 e. The highest BCUT2D eigenvalue weighted by molar-refractivity contribution is 5.70. The Morgan fingerprint density at radius 3 is 2.62 bits per heavy atom. The van der Waals surface area contributed by atoms with Gasteiger partial charge in [0.2, 0.25) is 0 Å². The van der Waals surface area contributed by atoms with Crippen molar-refractivity contribution in [2.75, 3.05) is 19.7 Å². The number of carboxylic acid groups (broad SMARTS) is 1. The first-order valence-electron chi connectivity index (χ1n) is 9.27. The van der Waals surface area contributed by atoms with Crippen LogP contribution < -0.4 is 4.74 Å². The molecular weight excluding hydrogens is 328 g/mol. The molecular formula is C21H26N2O3. The lowest BCUT2D eigenvalue weighted by atomic mass is 9.92. The minimum atomic E-state index is -0.680. The summed E-state index contributed by atoms with van der Waals surface area (Å²) in [7, 11) is 0. The molecule has 5 nitrogen and oxygen atoms in total. The quantitative estimate of drug-likeness (QED) is 0.824. The van der Waals surface area contributed by atoms with Gasteiger partial charge >= 0.3 is 5.97 Å². The van der Waals surface area contributed by atoms with Crippen molar-refractivity contribution in [2.45, 2.75) is 32.2 Å². The highest BCUT2D eigenvalue weighted by Crippen LogP contribution is 2.34. The average Bonchev–Trinajstić information content (AvgIpc) is 2.68. The van der Waals surface area contributed by atoms with Gasteiger partial charge in [-0.05, 0) is 51.1 Å². The number of likely N-dealkylation sites (tertiary alicyclic amines) is 1. The number of hydrogen-bond acceptors (Lipinski definition) is 4. The Morgan fingerprint density at radius 2 is 1.96 bits per heavy atom. The van der Waals surface area contributed by atoms with E-state index in [-0.39, 0.29) is 12.0 Å². The molecule has 2 aromatic rings. The van der Waals surface area contributed by atoms with Crippen molar-refractivity contribution < 1.29 is 14.6 Å². The molecule has 1 aliphatic heterocycles. The van der Waals surface area contributed by atoms with Crippen molar-refractivity contribution in [1.82, 2.24) is 9.88 Å². The number of hydrogen-bond donors (Lipinski definition) is 1. The molecule has 1 N–H and O–H groups in total. The van der Waals surface area contributed by atoms with E-state index in [0.717, 1.165) is 36.5 Å². The maximum atomic E-state index is 11.3. The Balaban J connectivity index is 1.86. The number of nitrogens with zero attached hydrogens (tertiary/aromatic N) is 2. The molecule has 1 aromatic heterocycles. The Kier molecular flexibility index (Phi) is 6.23. The van der Waals surface area contributed by atoms with E-state index < -0.39 is 5.97 Å². The van der Waals surface area contributed by atoms with Crippen molar-refractivity contribution in [3.8, 4) is 5.75 Å². The summed E-state index contributed by atoms with van der Waals surface area (Å²) in [6.07, 6.45) is 3.97. The molecule has 0 bridgehead atoms. The predicted octanol–water partition coefficient (Wildman–Crippen LogP) is 3.56. The van der Waals surface area contributed by atoms with Gasteiger partial charge in [-0.15, -0.1) is 0 Å². The fraction of sp³-hybridized carbons (Fsp3) is 0.429. The van der Waals surface area contributed by atoms with Gasteiger partial charge in [0.05, 0.1) is 12.5 Å². The molecule has 1 unspecified atom stereocenters. The van der Waals surface area contributed by atoms with Crippen LogP contribution in [0.3, 0.4) is 0 Å². The van der Waals surface area contributed by atoms with Crippen LogP contribution in [-0.4, -0.2) is 40.7 Å². The number of rotatable bonds is 7. The van der Waals surface area contributed by atoms with E-state index >= 15 is 0 Å². The Labute approximate surface area is 154 Å². The van der Waals surface area contributed by atoms with Crippen LogP contribution in [-0.2, 0) is 11.2 Å². The Bertz CT molecular complexity index is 712. The first-order chi connectivity index (χ1) is 12.7. The lowest BCUT2D eigenvalue weighted by Crippen LogP contribution is -2.39. The van der Waals surface area contributed by atoms with Crippen molar-refractivity contribution in [3.05, 3.63) is 59.9 Å². The van der Waals surface area contributed by atoms with Crippen LogP contribution in [0, 0.1) is 5.92 Å². The maximum Gasteiger partial charge on any atom is 0.306 e. The van der Waals surface area contributed by atoms with Crippen LogP contribution in [0.1, 0.15) is 37.1 Å². The zero-order chi connectivity index (χ0) is 18.4. The first-order valence-corrected chi connectivity index (χ1v) is 9.27. The summed E-state index contributed by atoms with van der Waals surface area (Å²) >= 11 is 0. The number of carboxylic acids is 1. The van der Waals surface area contributed by atoms with Crippen molar-refractivity contribution in [3.63, 3.8) is 0 Å². The molecule has 3 rings (SSSR count). The minimum Gasteiger partial charge on any atom is -0.494 e. The van der Waals surface area contributed by atoms with Gasteiger partial charge in [-0.2, -0.15) is 0 Å². The van der Waals surface area contributed by atoms with Crippen molar-refractivity contribution in [1.29, 1.82) is 0 Å². The maximum absolute atomic E-state index is 11.3. The molecule has 2 heterocycles. The molecule has 0 radical (unpaired) electrons. The van der Waals surface area contributed by atoms with E-state index in [1.54, 1.807) is 0 Å². The lowest BCUT2D eigenvalue weighted by molar-refractivity contribution is -0.143. The molecule has 1 saturated heterocycles. The molecule has 0 spiro atoms. The number of pyridine rings is 1. The molecule has 1 atom stereocenters. The van der Waals surface area contributed by atoms with Crippen LogP contribution >= 0.6 is 0 Å². The van der Waals surface area contributed by atoms with E-state index in [9.17, 15) is 9.90 Å². The van der Waals surface area contributed by atoms with Crippen LogP contribution in [0.25, 0.3) is 0 Å². The van der Waals surface area contributed by atoms with Crippen LogP contribution in [0.4, 0.5) is 0 Å². The van der Waals surface area contributed by atoms with Gasteiger partial charge in [0.25, 0.3) is 0 Å². The Hall–Kier alpha value is -2.40. The van der Waals surface area contributed by atoms with Gasteiger partial charge in [-0.3, -0.25) is 14.7 Å². The molecule has 0 saturated carbocycles. The fourth-order valence-corrected chi connectivity index (χ4v) is 3.65. The summed E-state index contributed by atoms with van der Waals surface area (Å²) in [5.74, 6) is -0.0131. The second-order valence-electron chi connectivity index (χ2n) is 6.66. The number of aromatic nitrogens is 1. The zero-order valence-corrected chi connectivity index (χ0v) is 15.2. The van der Waals surface area contributed by atoms with Gasteiger partial charge in [-0.1, -0.05) is 24.3 Å². The molecule has 138 valence electrons. The van der Waals surface area contributed by atoms with Gasteiger partial charge in [0, 0.05) is 29.9 Å². The first kappa shape index (κ1) is 18.4. The summed E-state index contributed by atoms with van der Waals surface area (Å²) in [6, 6.07) is 14.2. The van der Waals surface area contributed by atoms with E-state index in [1.165, 1.54) is 0 Å². The number of ether oxygens (including phenoxy) is 1. The molecule has 0 aliphatic carbocycles. The predicted molar refractivity (Wildman–Crippen MR) is 100 cm³/mol. The highest BCUT2D eigenvalue weighted by Gasteiger charge is 2.30.